The average molecular weight is 811 g/mol. The summed E-state index contributed by atoms with van der Waals surface area (Å²) < 4.78 is 168. The van der Waals surface area contributed by atoms with Crippen molar-refractivity contribution in [2.45, 2.75) is 0 Å². The Kier molecular flexibility index (Phi) is 48.5. The van der Waals surface area contributed by atoms with E-state index in [1.807, 2.05) is 0 Å². The molecule has 0 aromatic heterocycles. The second kappa shape index (κ2) is 24.5. The van der Waals surface area contributed by atoms with Crippen LogP contribution in [-0.4, -0.2) is 129 Å². The maximum Gasteiger partial charge on any atom is 4.00 e. The molecule has 0 saturated carbocycles. The van der Waals surface area contributed by atoms with Crippen molar-refractivity contribution in [3.05, 3.63) is 0 Å². The van der Waals surface area contributed by atoms with Crippen LogP contribution in [0.1, 0.15) is 0 Å². The fraction of sp³-hybridized carbons (Fsp3) is 0. The second-order valence-corrected chi connectivity index (χ2v) is 6.24. The zero-order valence-corrected chi connectivity index (χ0v) is 25.2. The van der Waals surface area contributed by atoms with Gasteiger partial charge in [-0.3, -0.25) is 42.8 Å². The maximum absolute atomic E-state index is 8.74. The molecule has 20 nitrogen and oxygen atoms in total. The topological polar surface area (TPSA) is 396 Å². The molecule has 0 fully saturated rings. The summed E-state index contributed by atoms with van der Waals surface area (Å²) >= 11 is 0. The third kappa shape index (κ3) is 7030. The van der Waals surface area contributed by atoms with Gasteiger partial charge in [-0.25, -0.2) is 0 Å². The van der Waals surface area contributed by atoms with Crippen LogP contribution in [0.5, 0.6) is 0 Å². The monoisotopic (exact) mass is 810 g/mol. The van der Waals surface area contributed by atoms with E-state index in [0.717, 1.165) is 0 Å². The van der Waals surface area contributed by atoms with Crippen molar-refractivity contribution < 1.29 is 124 Å². The number of hydrogen-bond acceptors (Lipinski definition) is 18. The zero-order valence-electron chi connectivity index (χ0n) is 12.3. The second-order valence-electron chi connectivity index (χ2n) is 2.08. The minimum atomic E-state index is -5.17. The van der Waals surface area contributed by atoms with E-state index in [0.29, 0.717) is 0 Å². The standard InChI is InChI=1S/Cu.5H2O4S.H2Se.Sn.Zn/c;5*1-5(2,3)4;;;/h;5*(H2,1,2,3,4);1H2;;/q+2;;;;;;;+4;+2/p-8. The Bertz CT molecular complexity index is 633. The molecular weight excluding hydrogens is 807 g/mol. The van der Waals surface area contributed by atoms with E-state index in [-0.39, 0.29) is 77.5 Å². The summed E-state index contributed by atoms with van der Waals surface area (Å²) in [6, 6.07) is 0. The summed E-state index contributed by atoms with van der Waals surface area (Å²) in [6.45, 7) is 0. The van der Waals surface area contributed by atoms with E-state index in [9.17, 15) is 0 Å². The fourth-order valence-corrected chi connectivity index (χ4v) is 0. The molecule has 0 saturated heterocycles. The summed E-state index contributed by atoms with van der Waals surface area (Å²) in [5, 5.41) is 0. The van der Waals surface area contributed by atoms with Gasteiger partial charge in [-0.1, -0.05) is 0 Å². The molecule has 0 spiro atoms. The Hall–Kier alpha value is 1.81. The van der Waals surface area contributed by atoms with Crippen molar-refractivity contribution in [3.8, 4) is 0 Å². The van der Waals surface area contributed by atoms with Crippen molar-refractivity contribution in [1.29, 1.82) is 0 Å². The molecule has 0 amide bonds. The summed E-state index contributed by atoms with van der Waals surface area (Å²) in [5.41, 5.74) is 0. The van der Waals surface area contributed by atoms with E-state index < -0.39 is 52.0 Å². The van der Waals surface area contributed by atoms with Crippen LogP contribution in [0.2, 0.25) is 0 Å². The molecule has 0 aliphatic rings. The molecule has 0 atom stereocenters. The molecule has 0 rings (SSSR count). The van der Waals surface area contributed by atoms with Gasteiger partial charge in [0.05, 0.1) is 0 Å². The third-order valence-corrected chi connectivity index (χ3v) is 0. The third-order valence-electron chi connectivity index (χ3n) is 0. The van der Waals surface area contributed by atoms with Crippen LogP contribution in [-0.2, 0) is 88.5 Å². The normalized spacial score (nSPS) is 10.0. The molecule has 0 bridgehead atoms. The van der Waals surface area contributed by atoms with Crippen molar-refractivity contribution in [1.82, 2.24) is 0 Å². The Morgan fingerprint density at radius 2 is 0.448 bits per heavy atom. The molecule has 0 aliphatic heterocycles. The Labute approximate surface area is 215 Å². The molecule has 0 heterocycles. The van der Waals surface area contributed by atoms with Gasteiger partial charge in [-0.05, 0) is 0 Å². The Balaban J connectivity index is -0.0000000238. The summed E-state index contributed by atoms with van der Waals surface area (Å²) in [4.78, 5) is 0. The minimum absolute atomic E-state index is 0. The zero-order chi connectivity index (χ0) is 22.5. The van der Waals surface area contributed by atoms with Gasteiger partial charge in [-0.15, -0.1) is 0 Å². The van der Waals surface area contributed by atoms with Crippen molar-refractivity contribution in [3.63, 3.8) is 0 Å². The van der Waals surface area contributed by atoms with Gasteiger partial charge in [0.2, 0.25) is 0 Å². The van der Waals surface area contributed by atoms with Crippen LogP contribution in [0, 0.1) is 0 Å². The molecular formula is H4CuO20S5SeSnZn. The molecule has 2 N–H and O–H groups in total. The van der Waals surface area contributed by atoms with E-state index in [1.165, 1.54) is 0 Å². The van der Waals surface area contributed by atoms with Crippen LogP contribution in [0.25, 0.3) is 0 Å². The van der Waals surface area contributed by atoms with Crippen LogP contribution in [0.3, 0.4) is 0 Å². The summed E-state index contributed by atoms with van der Waals surface area (Å²) in [7, 11) is -25.3. The van der Waals surface area contributed by atoms with E-state index >= 15 is 0 Å². The van der Waals surface area contributed by atoms with Crippen LogP contribution < -0.4 is 0 Å². The van der Waals surface area contributed by atoms with Gasteiger partial charge in [-0.2, -0.15) is 8.42 Å². The van der Waals surface area contributed by atoms with Crippen LogP contribution in [0.4, 0.5) is 0 Å². The first-order chi connectivity index (χ1) is 10.0. The molecule has 0 aliphatic carbocycles. The number of rotatable bonds is 0. The van der Waals surface area contributed by atoms with Gasteiger partial charge in [0.25, 0.3) is 0 Å². The molecule has 29 heteroatoms. The molecule has 0 unspecified atom stereocenters. The largest absolute Gasteiger partial charge is 4.00 e. The van der Waals surface area contributed by atoms with Gasteiger partial charge in [0.1, 0.15) is 0 Å². The van der Waals surface area contributed by atoms with Crippen molar-refractivity contribution >= 4 is 93.0 Å². The maximum atomic E-state index is 8.74. The SMILES string of the molecule is O=S(=O)(O)O.O=S(=O)([O-])[O-].O=S(=O)([O-])[O-].O=S(=O)([O-])[O-].O=S(=O)([O-])[O-].[Cu+2].[SeH2].[Sn+4].[Zn+2]. The van der Waals surface area contributed by atoms with Crippen molar-refractivity contribution in [2.75, 3.05) is 0 Å². The quantitative estimate of drug-likeness (QED) is 0.130. The van der Waals surface area contributed by atoms with Crippen LogP contribution >= 0.6 is 0 Å². The molecule has 1 radical (unpaired) electrons. The average Bonchev–Trinajstić information content (AvgIpc) is 1.79. The van der Waals surface area contributed by atoms with E-state index in [1.54, 1.807) is 0 Å². The smallest absolute Gasteiger partial charge is 2.00 e. The predicted molar refractivity (Wildman–Crippen MR) is 70.4 cm³/mol. The predicted octanol–water partition coefficient (Wildman–Crippen LogP) is -7.31. The molecule has 0 aromatic carbocycles. The Morgan fingerprint density at radius 3 is 0.448 bits per heavy atom. The molecule has 0 aromatic rings. The fourth-order valence-electron chi connectivity index (χ4n) is 0. The van der Waals surface area contributed by atoms with Gasteiger partial charge in [0.15, 0.2) is 0 Å². The van der Waals surface area contributed by atoms with Crippen LogP contribution in [0.15, 0.2) is 0 Å². The van der Waals surface area contributed by atoms with Gasteiger partial charge >= 0.3 is 87.9 Å². The Morgan fingerprint density at radius 1 is 0.448 bits per heavy atom. The molecule has 29 heavy (non-hydrogen) atoms. The summed E-state index contributed by atoms with van der Waals surface area (Å²) in [6.07, 6.45) is 0. The first-order valence-electron chi connectivity index (χ1n) is 3.37. The van der Waals surface area contributed by atoms with Gasteiger partial charge in [0, 0.05) is 41.6 Å². The van der Waals surface area contributed by atoms with Crippen molar-refractivity contribution in [2.24, 2.45) is 0 Å². The van der Waals surface area contributed by atoms with Gasteiger partial charge < -0.3 is 36.4 Å². The van der Waals surface area contributed by atoms with E-state index in [4.69, 9.17) is 87.6 Å². The molecule has 177 valence electrons. The number of hydrogen-bond donors (Lipinski definition) is 2. The first kappa shape index (κ1) is 57.6. The first-order valence-corrected chi connectivity index (χ1v) is 10.1. The minimum Gasteiger partial charge on any atom is 2.00 e. The van der Waals surface area contributed by atoms with E-state index in [2.05, 4.69) is 0 Å². The summed E-state index contributed by atoms with van der Waals surface area (Å²) in [5.74, 6) is 0.